The molecular formula is C30H46F3N3O2+2. The second-order valence-electron chi connectivity index (χ2n) is 9.82. The lowest BCUT2D eigenvalue weighted by atomic mass is 9.84. The number of likely N-dealkylation sites (tertiary alicyclic amines) is 1. The fourth-order valence-electron chi connectivity index (χ4n) is 5.46. The molecule has 2 aliphatic heterocycles. The highest BCUT2D eigenvalue weighted by Crippen LogP contribution is 2.34. The summed E-state index contributed by atoms with van der Waals surface area (Å²) in [4.78, 5) is 15.1. The highest BCUT2D eigenvalue weighted by molar-refractivity contribution is 5.80. The van der Waals surface area contributed by atoms with Crippen molar-refractivity contribution in [2.75, 3.05) is 39.8 Å². The van der Waals surface area contributed by atoms with E-state index in [4.69, 9.17) is 4.74 Å². The lowest BCUT2D eigenvalue weighted by Crippen LogP contribution is -2.81. The number of rotatable bonds is 6. The van der Waals surface area contributed by atoms with Crippen LogP contribution in [0.25, 0.3) is 0 Å². The molecule has 1 aromatic rings. The van der Waals surface area contributed by atoms with E-state index in [1.807, 2.05) is 23.3 Å². The third kappa shape index (κ3) is 11.0. The van der Waals surface area contributed by atoms with Crippen LogP contribution in [0.5, 0.6) is 5.75 Å². The number of nitrogens with zero attached hydrogens (tertiary/aromatic N) is 1. The molecule has 1 saturated carbocycles. The number of quaternary nitrogens is 2. The minimum absolute atomic E-state index is 0.00110. The molecule has 0 radical (unpaired) electrons. The van der Waals surface area contributed by atoms with Crippen molar-refractivity contribution in [3.05, 3.63) is 29.3 Å². The molecule has 0 bridgehead atoms. The van der Waals surface area contributed by atoms with Gasteiger partial charge in [-0.2, -0.15) is 13.2 Å². The number of benzene rings is 1. The number of amides is 1. The summed E-state index contributed by atoms with van der Waals surface area (Å²) in [5.74, 6) is 0.320. The number of hydrogen-bond acceptors (Lipinski definition) is 2. The summed E-state index contributed by atoms with van der Waals surface area (Å²) in [5.41, 5.74) is 1.72. The first-order valence-corrected chi connectivity index (χ1v) is 13.8. The maximum atomic E-state index is 13.1. The number of terminal acetylenes is 2. The van der Waals surface area contributed by atoms with Crippen LogP contribution in [0.4, 0.5) is 13.2 Å². The van der Waals surface area contributed by atoms with Gasteiger partial charge in [0.05, 0.1) is 37.5 Å². The maximum absolute atomic E-state index is 13.1. The Morgan fingerprint density at radius 2 is 1.53 bits per heavy atom. The molecule has 3 fully saturated rings. The van der Waals surface area contributed by atoms with Gasteiger partial charge in [-0.25, -0.2) is 0 Å². The summed E-state index contributed by atoms with van der Waals surface area (Å²) < 4.78 is 43.1. The van der Waals surface area contributed by atoms with Crippen molar-refractivity contribution in [2.45, 2.75) is 76.4 Å². The first kappa shape index (κ1) is 33.3. The minimum Gasteiger partial charge on any atom is -0.484 e. The second-order valence-corrected chi connectivity index (χ2v) is 9.82. The largest absolute Gasteiger partial charge is 0.484 e. The lowest BCUT2D eigenvalue weighted by Gasteiger charge is -2.30. The Balaban J connectivity index is 0.000000616. The van der Waals surface area contributed by atoms with Gasteiger partial charge in [0, 0.05) is 13.1 Å². The summed E-state index contributed by atoms with van der Waals surface area (Å²) in [7, 11) is 1.88. The van der Waals surface area contributed by atoms with E-state index in [2.05, 4.69) is 31.0 Å². The Labute approximate surface area is 227 Å². The molecule has 8 heteroatoms. The van der Waals surface area contributed by atoms with E-state index >= 15 is 0 Å². The van der Waals surface area contributed by atoms with Gasteiger partial charge in [0.1, 0.15) is 12.3 Å². The quantitative estimate of drug-likeness (QED) is 0.546. The van der Waals surface area contributed by atoms with Gasteiger partial charge in [0.25, 0.3) is 0 Å². The van der Waals surface area contributed by atoms with E-state index in [-0.39, 0.29) is 23.5 Å². The van der Waals surface area contributed by atoms with Gasteiger partial charge in [-0.05, 0) is 30.9 Å². The van der Waals surface area contributed by atoms with Crippen LogP contribution in [0.15, 0.2) is 18.2 Å². The second kappa shape index (κ2) is 18.6. The summed E-state index contributed by atoms with van der Waals surface area (Å²) >= 11 is 0. The van der Waals surface area contributed by atoms with Crippen molar-refractivity contribution in [1.29, 1.82) is 0 Å². The van der Waals surface area contributed by atoms with E-state index in [0.717, 1.165) is 50.1 Å². The molecule has 1 amide bonds. The fraction of sp³-hybridized carbons (Fsp3) is 0.633. The summed E-state index contributed by atoms with van der Waals surface area (Å²) in [6.45, 7) is 2.33. The number of carbonyl (C=O) groups is 1. The van der Waals surface area contributed by atoms with Crippen LogP contribution in [0.3, 0.4) is 0 Å². The molecule has 38 heavy (non-hydrogen) atoms. The molecule has 4 N–H and O–H groups in total. The molecule has 0 spiro atoms. The topological polar surface area (TPSA) is 62.8 Å². The van der Waals surface area contributed by atoms with Crippen molar-refractivity contribution in [3.8, 4) is 31.4 Å². The first-order valence-electron chi connectivity index (χ1n) is 13.8. The number of nitrogens with two attached hydrogens (primary N) is 2. The number of piperidine rings is 1. The molecule has 0 aromatic heterocycles. The molecule has 0 unspecified atom stereocenters. The highest BCUT2D eigenvalue weighted by Gasteiger charge is 2.41. The summed E-state index contributed by atoms with van der Waals surface area (Å²) in [6, 6.07) is 5.27. The minimum atomic E-state index is -4.38. The van der Waals surface area contributed by atoms with Crippen LogP contribution in [-0.2, 0) is 11.3 Å². The van der Waals surface area contributed by atoms with E-state index < -0.39 is 12.8 Å². The SMILES string of the molecule is C#C.C#C.C1CCCCC1.C[NH2+]Cc1c(OCC(F)(F)F)cccc1[C@@H]1C[NH2+]C[C@@H]1C(=O)N1CCCCC1. The van der Waals surface area contributed by atoms with Crippen LogP contribution >= 0.6 is 0 Å². The molecule has 1 aromatic carbocycles. The molecule has 2 saturated heterocycles. The third-order valence-corrected chi connectivity index (χ3v) is 7.18. The fourth-order valence-corrected chi connectivity index (χ4v) is 5.46. The average Bonchev–Trinajstić information content (AvgIpc) is 3.45. The Morgan fingerprint density at radius 3 is 2.05 bits per heavy atom. The number of ether oxygens (including phenoxy) is 1. The zero-order valence-electron chi connectivity index (χ0n) is 22.9. The molecule has 2 heterocycles. The van der Waals surface area contributed by atoms with Gasteiger partial charge in [-0.1, -0.05) is 50.7 Å². The Kier molecular flexibility index (Phi) is 16.3. The van der Waals surface area contributed by atoms with E-state index in [9.17, 15) is 18.0 Å². The highest BCUT2D eigenvalue weighted by atomic mass is 19.4. The predicted octanol–water partition coefficient (Wildman–Crippen LogP) is 3.45. The van der Waals surface area contributed by atoms with Crippen LogP contribution in [-0.4, -0.2) is 56.8 Å². The normalized spacial score (nSPS) is 20.9. The van der Waals surface area contributed by atoms with Gasteiger partial charge in [0.2, 0.25) is 5.91 Å². The molecule has 3 aliphatic rings. The smallest absolute Gasteiger partial charge is 0.422 e. The van der Waals surface area contributed by atoms with Crippen molar-refractivity contribution < 1.29 is 33.3 Å². The number of hydrogen-bond donors (Lipinski definition) is 2. The van der Waals surface area contributed by atoms with Crippen LogP contribution in [0, 0.1) is 31.6 Å². The number of halogens is 3. The Morgan fingerprint density at radius 1 is 0.974 bits per heavy atom. The maximum Gasteiger partial charge on any atom is 0.422 e. The molecule has 1 aliphatic carbocycles. The standard InChI is InChI=1S/C20H28F3N3O2.C6H12.2C2H2/c1-24-10-16-14(6-5-7-18(16)28-13-20(21,22)23)15-11-25-12-17(15)19(27)26-8-3-2-4-9-26;1-2-4-6-5-3-1;2*1-2/h5-7,15,17,24-25H,2-4,8-13H2,1H3;1-6H2;2*1-2H/p+2/t15-,17-;;;/m0.../s1. The van der Waals surface area contributed by atoms with Gasteiger partial charge >= 0.3 is 6.18 Å². The van der Waals surface area contributed by atoms with E-state index in [0.29, 0.717) is 6.54 Å². The van der Waals surface area contributed by atoms with Crippen molar-refractivity contribution in [3.63, 3.8) is 0 Å². The zero-order chi connectivity index (χ0) is 28.4. The molecule has 212 valence electrons. The van der Waals surface area contributed by atoms with E-state index in [1.165, 1.54) is 44.9 Å². The zero-order valence-corrected chi connectivity index (χ0v) is 22.9. The Bertz CT molecular complexity index is 827. The van der Waals surface area contributed by atoms with Crippen molar-refractivity contribution in [1.82, 2.24) is 4.90 Å². The van der Waals surface area contributed by atoms with Crippen molar-refractivity contribution >= 4 is 5.91 Å². The van der Waals surface area contributed by atoms with Crippen LogP contribution < -0.4 is 15.4 Å². The van der Waals surface area contributed by atoms with Gasteiger partial charge in [0.15, 0.2) is 6.61 Å². The predicted molar refractivity (Wildman–Crippen MR) is 145 cm³/mol. The number of alkyl halides is 3. The lowest BCUT2D eigenvalue weighted by molar-refractivity contribution is -0.643. The van der Waals surface area contributed by atoms with Crippen molar-refractivity contribution in [2.24, 2.45) is 5.92 Å². The molecule has 4 rings (SSSR count). The van der Waals surface area contributed by atoms with Crippen LogP contribution in [0.2, 0.25) is 0 Å². The molecule has 2 atom stereocenters. The third-order valence-electron chi connectivity index (χ3n) is 7.18. The van der Waals surface area contributed by atoms with Gasteiger partial charge in [-0.15, -0.1) is 25.7 Å². The van der Waals surface area contributed by atoms with E-state index in [1.54, 1.807) is 12.1 Å². The summed E-state index contributed by atoms with van der Waals surface area (Å²) in [5, 5.41) is 4.05. The molecular weight excluding hydrogens is 491 g/mol. The van der Waals surface area contributed by atoms with Crippen LogP contribution in [0.1, 0.15) is 74.8 Å². The summed E-state index contributed by atoms with van der Waals surface area (Å²) in [6.07, 6.45) is 23.9. The molecule has 5 nitrogen and oxygen atoms in total. The monoisotopic (exact) mass is 537 g/mol. The number of carbonyl (C=O) groups excluding carboxylic acids is 1. The van der Waals surface area contributed by atoms with Gasteiger partial charge in [-0.3, -0.25) is 4.79 Å². The average molecular weight is 538 g/mol. The Hall–Kier alpha value is -2.68. The first-order chi connectivity index (χ1) is 18.4. The van der Waals surface area contributed by atoms with Gasteiger partial charge < -0.3 is 20.3 Å².